The molecule has 21 heavy (non-hydrogen) atoms. The minimum absolute atomic E-state index is 0.417. The SMILES string of the molecule is Clc1cccc(COc2ccccc2CNC2CC2)c1Cl. The predicted octanol–water partition coefficient (Wildman–Crippen LogP) is 4.82. The van der Waals surface area contributed by atoms with Crippen LogP contribution in [0, 0.1) is 0 Å². The highest BCUT2D eigenvalue weighted by molar-refractivity contribution is 6.42. The van der Waals surface area contributed by atoms with Crippen LogP contribution >= 0.6 is 23.2 Å². The van der Waals surface area contributed by atoms with E-state index in [2.05, 4.69) is 11.4 Å². The molecule has 0 amide bonds. The fourth-order valence-corrected chi connectivity index (χ4v) is 2.52. The highest BCUT2D eigenvalue weighted by Gasteiger charge is 2.20. The molecule has 0 saturated heterocycles. The van der Waals surface area contributed by atoms with Gasteiger partial charge < -0.3 is 10.1 Å². The zero-order valence-electron chi connectivity index (χ0n) is 11.6. The van der Waals surface area contributed by atoms with E-state index in [9.17, 15) is 0 Å². The molecule has 0 aliphatic heterocycles. The van der Waals surface area contributed by atoms with Crippen molar-refractivity contribution >= 4 is 23.2 Å². The molecule has 0 unspecified atom stereocenters. The van der Waals surface area contributed by atoms with Gasteiger partial charge in [-0.05, 0) is 25.0 Å². The van der Waals surface area contributed by atoms with Crippen LogP contribution in [0.4, 0.5) is 0 Å². The third kappa shape index (κ3) is 3.91. The fourth-order valence-electron chi connectivity index (χ4n) is 2.15. The van der Waals surface area contributed by atoms with Gasteiger partial charge in [0.15, 0.2) is 0 Å². The first-order chi connectivity index (χ1) is 10.2. The first-order valence-corrected chi connectivity index (χ1v) is 7.86. The second-order valence-corrected chi connectivity index (χ2v) is 6.05. The Bertz CT molecular complexity index is 626. The molecule has 1 aliphatic rings. The average molecular weight is 322 g/mol. The van der Waals surface area contributed by atoms with E-state index in [1.807, 2.05) is 30.3 Å². The monoisotopic (exact) mass is 321 g/mol. The van der Waals surface area contributed by atoms with Gasteiger partial charge in [-0.25, -0.2) is 0 Å². The maximum atomic E-state index is 6.19. The van der Waals surface area contributed by atoms with E-state index < -0.39 is 0 Å². The number of ether oxygens (including phenoxy) is 1. The molecule has 3 rings (SSSR count). The summed E-state index contributed by atoms with van der Waals surface area (Å²) in [6.45, 7) is 1.25. The normalized spacial score (nSPS) is 14.2. The highest BCUT2D eigenvalue weighted by Crippen LogP contribution is 2.28. The smallest absolute Gasteiger partial charge is 0.124 e. The first-order valence-electron chi connectivity index (χ1n) is 7.11. The second kappa shape index (κ2) is 6.69. The van der Waals surface area contributed by atoms with Crippen LogP contribution < -0.4 is 10.1 Å². The van der Waals surface area contributed by atoms with Crippen molar-refractivity contribution in [2.75, 3.05) is 0 Å². The topological polar surface area (TPSA) is 21.3 Å². The lowest BCUT2D eigenvalue weighted by Gasteiger charge is -2.13. The van der Waals surface area contributed by atoms with Crippen molar-refractivity contribution in [2.24, 2.45) is 0 Å². The molecule has 2 aromatic rings. The second-order valence-electron chi connectivity index (χ2n) is 5.26. The summed E-state index contributed by atoms with van der Waals surface area (Å²) in [6.07, 6.45) is 2.56. The lowest BCUT2D eigenvalue weighted by Crippen LogP contribution is -2.16. The van der Waals surface area contributed by atoms with Crippen molar-refractivity contribution in [3.05, 3.63) is 63.6 Å². The molecule has 0 heterocycles. The van der Waals surface area contributed by atoms with Crippen LogP contribution in [0.3, 0.4) is 0 Å². The maximum absolute atomic E-state index is 6.19. The van der Waals surface area contributed by atoms with Gasteiger partial charge in [0.25, 0.3) is 0 Å². The molecule has 0 bridgehead atoms. The zero-order chi connectivity index (χ0) is 14.7. The van der Waals surface area contributed by atoms with E-state index in [-0.39, 0.29) is 0 Å². The molecular formula is C17H17Cl2NO. The summed E-state index contributed by atoms with van der Waals surface area (Å²) in [7, 11) is 0. The fraction of sp³-hybridized carbons (Fsp3) is 0.294. The third-order valence-electron chi connectivity index (χ3n) is 3.55. The number of para-hydroxylation sites is 1. The molecule has 0 atom stereocenters. The van der Waals surface area contributed by atoms with Gasteiger partial charge in [-0.15, -0.1) is 0 Å². The van der Waals surface area contributed by atoms with Crippen LogP contribution in [-0.2, 0) is 13.2 Å². The summed E-state index contributed by atoms with van der Waals surface area (Å²) >= 11 is 12.2. The number of halogens is 2. The molecular weight excluding hydrogens is 305 g/mol. The molecule has 1 aliphatic carbocycles. The predicted molar refractivity (Wildman–Crippen MR) is 87.1 cm³/mol. The number of nitrogens with one attached hydrogen (secondary N) is 1. The minimum Gasteiger partial charge on any atom is -0.489 e. The molecule has 0 aromatic heterocycles. The Morgan fingerprint density at radius 2 is 1.76 bits per heavy atom. The molecule has 2 nitrogen and oxygen atoms in total. The molecule has 0 spiro atoms. The van der Waals surface area contributed by atoms with Gasteiger partial charge in [-0.2, -0.15) is 0 Å². The molecule has 1 N–H and O–H groups in total. The van der Waals surface area contributed by atoms with Crippen molar-refractivity contribution in [2.45, 2.75) is 32.0 Å². The van der Waals surface area contributed by atoms with Crippen LogP contribution in [0.25, 0.3) is 0 Å². The number of hydrogen-bond acceptors (Lipinski definition) is 2. The van der Waals surface area contributed by atoms with E-state index in [4.69, 9.17) is 27.9 Å². The Hall–Kier alpha value is -1.22. The van der Waals surface area contributed by atoms with Gasteiger partial charge in [0.2, 0.25) is 0 Å². The van der Waals surface area contributed by atoms with Crippen LogP contribution in [0.15, 0.2) is 42.5 Å². The lowest BCUT2D eigenvalue weighted by molar-refractivity contribution is 0.302. The zero-order valence-corrected chi connectivity index (χ0v) is 13.1. The molecule has 2 aromatic carbocycles. The van der Waals surface area contributed by atoms with Gasteiger partial charge in [-0.3, -0.25) is 0 Å². The van der Waals surface area contributed by atoms with Crippen LogP contribution in [0.1, 0.15) is 24.0 Å². The summed E-state index contributed by atoms with van der Waals surface area (Å²) in [4.78, 5) is 0. The van der Waals surface area contributed by atoms with Gasteiger partial charge in [0.1, 0.15) is 12.4 Å². The highest BCUT2D eigenvalue weighted by atomic mass is 35.5. The summed E-state index contributed by atoms with van der Waals surface area (Å²) < 4.78 is 5.93. The molecule has 1 fully saturated rings. The van der Waals surface area contributed by atoms with E-state index in [1.165, 1.54) is 18.4 Å². The standard InChI is InChI=1S/C17H17Cl2NO/c18-15-6-3-5-13(17(15)19)11-21-16-7-2-1-4-12(16)10-20-14-8-9-14/h1-7,14,20H,8-11H2. The quantitative estimate of drug-likeness (QED) is 0.823. The van der Waals surface area contributed by atoms with Crippen LogP contribution in [0.2, 0.25) is 10.0 Å². The summed E-state index contributed by atoms with van der Waals surface area (Å²) in [5.41, 5.74) is 2.07. The largest absolute Gasteiger partial charge is 0.489 e. The molecule has 0 radical (unpaired) electrons. The Morgan fingerprint density at radius 1 is 1.00 bits per heavy atom. The van der Waals surface area contributed by atoms with Crippen LogP contribution in [0.5, 0.6) is 5.75 Å². The van der Waals surface area contributed by atoms with Gasteiger partial charge in [0, 0.05) is 23.7 Å². The van der Waals surface area contributed by atoms with Crippen molar-refractivity contribution in [1.82, 2.24) is 5.32 Å². The Balaban J connectivity index is 1.67. The van der Waals surface area contributed by atoms with Crippen molar-refractivity contribution in [1.29, 1.82) is 0 Å². The van der Waals surface area contributed by atoms with Crippen molar-refractivity contribution in [3.63, 3.8) is 0 Å². The van der Waals surface area contributed by atoms with E-state index in [0.29, 0.717) is 22.7 Å². The van der Waals surface area contributed by atoms with Gasteiger partial charge >= 0.3 is 0 Å². The number of hydrogen-bond donors (Lipinski definition) is 1. The minimum atomic E-state index is 0.417. The van der Waals surface area contributed by atoms with Gasteiger partial charge in [-0.1, -0.05) is 53.5 Å². The first kappa shape index (κ1) is 14.7. The van der Waals surface area contributed by atoms with Gasteiger partial charge in [0.05, 0.1) is 10.0 Å². The number of rotatable bonds is 6. The van der Waals surface area contributed by atoms with Crippen molar-refractivity contribution in [3.8, 4) is 5.75 Å². The third-order valence-corrected chi connectivity index (χ3v) is 4.40. The van der Waals surface area contributed by atoms with Crippen molar-refractivity contribution < 1.29 is 4.74 Å². The number of benzene rings is 2. The average Bonchev–Trinajstić information content (AvgIpc) is 3.32. The molecule has 110 valence electrons. The lowest BCUT2D eigenvalue weighted by atomic mass is 10.2. The molecule has 1 saturated carbocycles. The summed E-state index contributed by atoms with van der Waals surface area (Å²) in [6, 6.07) is 14.4. The van der Waals surface area contributed by atoms with E-state index >= 15 is 0 Å². The summed E-state index contributed by atoms with van der Waals surface area (Å²) in [5, 5.41) is 4.62. The van der Waals surface area contributed by atoms with E-state index in [0.717, 1.165) is 17.9 Å². The Kier molecular flexibility index (Phi) is 4.69. The Morgan fingerprint density at radius 3 is 2.57 bits per heavy atom. The van der Waals surface area contributed by atoms with Crippen LogP contribution in [-0.4, -0.2) is 6.04 Å². The summed E-state index contributed by atoms with van der Waals surface area (Å²) in [5.74, 6) is 0.890. The molecule has 4 heteroatoms. The maximum Gasteiger partial charge on any atom is 0.124 e. The van der Waals surface area contributed by atoms with E-state index in [1.54, 1.807) is 6.07 Å². The Labute approximate surface area is 135 Å².